The predicted molar refractivity (Wildman–Crippen MR) is 102 cm³/mol. The Hall–Kier alpha value is -2.26. The summed E-state index contributed by atoms with van der Waals surface area (Å²) in [5.41, 5.74) is 1.26. The zero-order valence-corrected chi connectivity index (χ0v) is 15.9. The van der Waals surface area contributed by atoms with Crippen LogP contribution in [0.4, 0.5) is 13.2 Å². The number of halogens is 4. The van der Waals surface area contributed by atoms with Gasteiger partial charge in [-0.05, 0) is 30.2 Å². The summed E-state index contributed by atoms with van der Waals surface area (Å²) in [5.74, 6) is 0.497. The van der Waals surface area contributed by atoms with Crippen LogP contribution in [0.3, 0.4) is 0 Å². The van der Waals surface area contributed by atoms with E-state index in [4.69, 9.17) is 11.6 Å². The van der Waals surface area contributed by atoms with Gasteiger partial charge in [0.15, 0.2) is 11.7 Å². The van der Waals surface area contributed by atoms with Crippen molar-refractivity contribution in [3.63, 3.8) is 0 Å². The highest BCUT2D eigenvalue weighted by Gasteiger charge is 2.33. The molecule has 3 aromatic rings. The molecule has 10 heteroatoms. The van der Waals surface area contributed by atoms with E-state index in [1.807, 2.05) is 24.4 Å². The molecule has 3 rings (SSSR count). The number of benzene rings is 1. The number of rotatable bonds is 5. The molecular formula is C17H17ClF3N5S. The second-order valence-electron chi connectivity index (χ2n) is 5.73. The molecule has 0 unspecified atom stereocenters. The number of alkyl halides is 3. The second-order valence-corrected chi connectivity index (χ2v) is 7.11. The Balaban J connectivity index is 1.52. The van der Waals surface area contributed by atoms with Crippen LogP contribution >= 0.6 is 22.9 Å². The van der Waals surface area contributed by atoms with Crippen LogP contribution in [0.2, 0.25) is 5.02 Å². The van der Waals surface area contributed by atoms with Gasteiger partial charge >= 0.3 is 6.18 Å². The fourth-order valence-electron chi connectivity index (χ4n) is 2.58. The summed E-state index contributed by atoms with van der Waals surface area (Å²) < 4.78 is 37.7. The average Bonchev–Trinajstić information content (AvgIpc) is 3.25. The summed E-state index contributed by atoms with van der Waals surface area (Å²) in [4.78, 5) is 10.9. The van der Waals surface area contributed by atoms with E-state index in [-0.39, 0.29) is 6.54 Å². The fraction of sp³-hybridized carbons (Fsp3) is 0.294. The van der Waals surface area contributed by atoms with Crippen LogP contribution in [0, 0.1) is 0 Å². The minimum Gasteiger partial charge on any atom is -0.361 e. The van der Waals surface area contributed by atoms with E-state index >= 15 is 0 Å². The van der Waals surface area contributed by atoms with Crippen molar-refractivity contribution in [3.8, 4) is 0 Å². The molecule has 0 aliphatic heterocycles. The molecule has 3 N–H and O–H groups in total. The molecule has 0 aliphatic carbocycles. The largest absolute Gasteiger partial charge is 0.434 e. The third kappa shape index (κ3) is 4.92. The molecule has 0 aliphatic rings. The molecule has 0 spiro atoms. The summed E-state index contributed by atoms with van der Waals surface area (Å²) in [5, 5.41) is 9.20. The maximum absolute atomic E-state index is 12.6. The van der Waals surface area contributed by atoms with E-state index in [0.717, 1.165) is 39.6 Å². The second kappa shape index (κ2) is 8.18. The van der Waals surface area contributed by atoms with Crippen LogP contribution in [0.5, 0.6) is 0 Å². The lowest BCUT2D eigenvalue weighted by molar-refractivity contribution is -0.140. The van der Waals surface area contributed by atoms with Gasteiger partial charge in [0.25, 0.3) is 0 Å². The Labute approximate surface area is 162 Å². The number of aliphatic imine (C=N–C) groups is 1. The number of hydrogen-bond donors (Lipinski definition) is 3. The Morgan fingerprint density at radius 1 is 1.33 bits per heavy atom. The van der Waals surface area contributed by atoms with E-state index in [9.17, 15) is 13.2 Å². The lowest BCUT2D eigenvalue weighted by Crippen LogP contribution is -2.37. The van der Waals surface area contributed by atoms with Crippen LogP contribution in [0.25, 0.3) is 10.9 Å². The third-order valence-corrected chi connectivity index (χ3v) is 4.97. The van der Waals surface area contributed by atoms with Crippen LogP contribution in [-0.4, -0.2) is 29.5 Å². The van der Waals surface area contributed by atoms with E-state index in [1.165, 1.54) is 0 Å². The molecule has 27 heavy (non-hydrogen) atoms. The van der Waals surface area contributed by atoms with Gasteiger partial charge in [0.1, 0.15) is 5.01 Å². The highest BCUT2D eigenvalue weighted by Crippen LogP contribution is 2.29. The molecule has 0 saturated carbocycles. The van der Waals surface area contributed by atoms with Crippen LogP contribution < -0.4 is 10.6 Å². The fourth-order valence-corrected chi connectivity index (χ4v) is 3.49. The van der Waals surface area contributed by atoms with Gasteiger partial charge in [-0.15, -0.1) is 11.3 Å². The van der Waals surface area contributed by atoms with Crippen LogP contribution in [-0.2, 0) is 19.1 Å². The van der Waals surface area contributed by atoms with Crippen molar-refractivity contribution in [2.45, 2.75) is 19.1 Å². The predicted octanol–water partition coefficient (Wildman–Crippen LogP) is 4.20. The molecule has 5 nitrogen and oxygen atoms in total. The number of thiazole rings is 1. The molecule has 0 bridgehead atoms. The lowest BCUT2D eigenvalue weighted by atomic mass is 10.1. The van der Waals surface area contributed by atoms with Crippen molar-refractivity contribution in [1.82, 2.24) is 20.6 Å². The molecular weight excluding hydrogens is 399 g/mol. The monoisotopic (exact) mass is 415 g/mol. The summed E-state index contributed by atoms with van der Waals surface area (Å²) in [6.45, 7) is 0.772. The number of aromatic nitrogens is 2. The third-order valence-electron chi connectivity index (χ3n) is 3.89. The van der Waals surface area contributed by atoms with E-state index in [0.29, 0.717) is 22.5 Å². The Morgan fingerprint density at radius 3 is 2.85 bits per heavy atom. The van der Waals surface area contributed by atoms with Gasteiger partial charge in [-0.2, -0.15) is 13.2 Å². The van der Waals surface area contributed by atoms with Gasteiger partial charge in [0.05, 0.1) is 6.54 Å². The molecule has 144 valence electrons. The highest BCUT2D eigenvalue weighted by atomic mass is 35.5. The molecule has 0 fully saturated rings. The van der Waals surface area contributed by atoms with Crippen molar-refractivity contribution in [3.05, 3.63) is 51.1 Å². The van der Waals surface area contributed by atoms with Gasteiger partial charge in [-0.3, -0.25) is 4.99 Å². The topological polar surface area (TPSA) is 65.1 Å². The van der Waals surface area contributed by atoms with E-state index in [2.05, 4.69) is 25.6 Å². The first-order valence-corrected chi connectivity index (χ1v) is 9.34. The quantitative estimate of drug-likeness (QED) is 0.432. The molecule has 1 aromatic carbocycles. The standard InChI is InChI=1S/C17H17ClF3N5S/c1-22-16(25-8-15-26-14(9-27-15)17(19,20)21)23-5-4-10-7-24-13-3-2-11(18)6-12(10)13/h2-3,6-7,9,24H,4-5,8H2,1H3,(H2,22,23,25). The molecule has 2 heterocycles. The number of H-pyrrole nitrogens is 1. The summed E-state index contributed by atoms with van der Waals surface area (Å²) in [6, 6.07) is 5.67. The van der Waals surface area contributed by atoms with Gasteiger partial charge in [-0.1, -0.05) is 11.6 Å². The van der Waals surface area contributed by atoms with Crippen molar-refractivity contribution in [1.29, 1.82) is 0 Å². The van der Waals surface area contributed by atoms with E-state index < -0.39 is 11.9 Å². The summed E-state index contributed by atoms with van der Waals surface area (Å²) in [6.07, 6.45) is -1.75. The average molecular weight is 416 g/mol. The number of aromatic amines is 1. The van der Waals surface area contributed by atoms with Crippen LogP contribution in [0.15, 0.2) is 34.8 Å². The van der Waals surface area contributed by atoms with Gasteiger partial charge in [-0.25, -0.2) is 4.98 Å². The number of nitrogens with one attached hydrogen (secondary N) is 3. The Kier molecular flexibility index (Phi) is 5.91. The van der Waals surface area contributed by atoms with Crippen molar-refractivity contribution < 1.29 is 13.2 Å². The van der Waals surface area contributed by atoms with Gasteiger partial charge < -0.3 is 15.6 Å². The minimum absolute atomic E-state index is 0.170. The van der Waals surface area contributed by atoms with E-state index in [1.54, 1.807) is 7.05 Å². The molecule has 2 aromatic heterocycles. The number of guanidine groups is 1. The zero-order chi connectivity index (χ0) is 19.4. The van der Waals surface area contributed by atoms with Crippen molar-refractivity contribution >= 4 is 39.8 Å². The molecule has 0 atom stereocenters. The summed E-state index contributed by atoms with van der Waals surface area (Å²) >= 11 is 7.01. The van der Waals surface area contributed by atoms with Crippen LogP contribution in [0.1, 0.15) is 16.3 Å². The number of nitrogens with zero attached hydrogens (tertiary/aromatic N) is 2. The van der Waals surface area contributed by atoms with Gasteiger partial charge in [0.2, 0.25) is 0 Å². The summed E-state index contributed by atoms with van der Waals surface area (Å²) in [7, 11) is 1.60. The number of hydrogen-bond acceptors (Lipinski definition) is 3. The van der Waals surface area contributed by atoms with Gasteiger partial charge in [0, 0.05) is 41.1 Å². The lowest BCUT2D eigenvalue weighted by Gasteiger charge is -2.10. The maximum atomic E-state index is 12.6. The normalized spacial score (nSPS) is 12.6. The molecule has 0 saturated heterocycles. The first kappa shape index (κ1) is 19.5. The number of fused-ring (bicyclic) bond motifs is 1. The Bertz CT molecular complexity index is 948. The van der Waals surface area contributed by atoms with Crippen molar-refractivity contribution in [2.24, 2.45) is 4.99 Å². The first-order valence-electron chi connectivity index (χ1n) is 8.08. The smallest absolute Gasteiger partial charge is 0.361 e. The SMILES string of the molecule is CN=C(NCCc1c[nH]c2ccc(Cl)cc12)NCc1nc(C(F)(F)F)cs1. The molecule has 0 amide bonds. The maximum Gasteiger partial charge on any atom is 0.434 e. The first-order chi connectivity index (χ1) is 12.9. The highest BCUT2D eigenvalue weighted by molar-refractivity contribution is 7.09. The molecule has 0 radical (unpaired) electrons. The minimum atomic E-state index is -4.42. The zero-order valence-electron chi connectivity index (χ0n) is 14.3. The van der Waals surface area contributed by atoms with Crippen molar-refractivity contribution in [2.75, 3.05) is 13.6 Å². The Morgan fingerprint density at radius 2 is 2.15 bits per heavy atom.